The third kappa shape index (κ3) is 4.32. The Labute approximate surface area is 128 Å². The number of nitrogens with two attached hydrogens (primary N) is 1. The van der Waals surface area contributed by atoms with Crippen LogP contribution in [0, 0.1) is 0 Å². The number of benzene rings is 2. The van der Waals surface area contributed by atoms with Crippen LogP contribution in [-0.4, -0.2) is 19.0 Å². The second-order valence-corrected chi connectivity index (χ2v) is 4.65. The lowest BCUT2D eigenvalue weighted by Crippen LogP contribution is -2.19. The highest BCUT2D eigenvalue weighted by Gasteiger charge is 2.07. The van der Waals surface area contributed by atoms with E-state index in [2.05, 4.69) is 10.6 Å². The molecule has 0 aliphatic rings. The van der Waals surface area contributed by atoms with Crippen LogP contribution in [0.5, 0.6) is 0 Å². The number of hydrogen-bond acceptors (Lipinski definition) is 3. The average molecular weight is 299 g/mol. The van der Waals surface area contributed by atoms with E-state index >= 15 is 0 Å². The van der Waals surface area contributed by atoms with E-state index in [9.17, 15) is 9.59 Å². The maximum atomic E-state index is 12.2. The lowest BCUT2D eigenvalue weighted by Gasteiger charge is -2.08. The summed E-state index contributed by atoms with van der Waals surface area (Å²) in [7, 11) is 1.62. The third-order valence-corrected chi connectivity index (χ3v) is 2.91. The molecule has 0 bridgehead atoms. The maximum absolute atomic E-state index is 12.2. The van der Waals surface area contributed by atoms with E-state index < -0.39 is 6.03 Å². The number of hydrogen-bond donors (Lipinski definition) is 3. The normalized spacial score (nSPS) is 10.0. The van der Waals surface area contributed by atoms with Gasteiger partial charge in [0.15, 0.2) is 0 Å². The second-order valence-electron chi connectivity index (χ2n) is 4.65. The van der Waals surface area contributed by atoms with E-state index in [0.717, 1.165) is 5.56 Å². The van der Waals surface area contributed by atoms with Gasteiger partial charge in [0.05, 0.1) is 6.61 Å². The van der Waals surface area contributed by atoms with Gasteiger partial charge in [-0.05, 0) is 42.0 Å². The Bertz CT molecular complexity index is 669. The highest BCUT2D eigenvalue weighted by molar-refractivity contribution is 6.04. The Morgan fingerprint density at radius 2 is 1.77 bits per heavy atom. The lowest BCUT2D eigenvalue weighted by molar-refractivity contribution is 0.102. The van der Waals surface area contributed by atoms with Crippen LogP contribution in [0.15, 0.2) is 48.5 Å². The van der Waals surface area contributed by atoms with Crippen molar-refractivity contribution in [3.8, 4) is 0 Å². The minimum atomic E-state index is -0.646. The standard InChI is InChI=1S/C16H17N3O3/c1-22-10-11-3-2-4-14(9-11)18-15(20)12-5-7-13(8-6-12)19-16(17)21/h2-9H,10H2,1H3,(H,18,20)(H3,17,19,21). The zero-order valence-corrected chi connectivity index (χ0v) is 12.1. The Morgan fingerprint density at radius 3 is 2.41 bits per heavy atom. The van der Waals surface area contributed by atoms with Crippen LogP contribution < -0.4 is 16.4 Å². The van der Waals surface area contributed by atoms with Crippen LogP contribution in [0.2, 0.25) is 0 Å². The molecular formula is C16H17N3O3. The number of nitrogens with one attached hydrogen (secondary N) is 2. The van der Waals surface area contributed by atoms with Crippen molar-refractivity contribution >= 4 is 23.3 Å². The van der Waals surface area contributed by atoms with Crippen molar-refractivity contribution in [2.24, 2.45) is 5.73 Å². The van der Waals surface area contributed by atoms with Crippen LogP contribution >= 0.6 is 0 Å². The molecule has 114 valence electrons. The van der Waals surface area contributed by atoms with E-state index in [-0.39, 0.29) is 5.91 Å². The lowest BCUT2D eigenvalue weighted by atomic mass is 10.1. The molecule has 0 heterocycles. The molecule has 0 spiro atoms. The number of amides is 3. The van der Waals surface area contributed by atoms with Crippen molar-refractivity contribution in [1.29, 1.82) is 0 Å². The highest BCUT2D eigenvalue weighted by atomic mass is 16.5. The quantitative estimate of drug-likeness (QED) is 0.792. The summed E-state index contributed by atoms with van der Waals surface area (Å²) in [6.45, 7) is 0.483. The van der Waals surface area contributed by atoms with Crippen LogP contribution in [-0.2, 0) is 11.3 Å². The number of primary amides is 1. The molecule has 22 heavy (non-hydrogen) atoms. The molecule has 2 rings (SSSR count). The van der Waals surface area contributed by atoms with Gasteiger partial charge in [-0.25, -0.2) is 4.79 Å². The first-order valence-corrected chi connectivity index (χ1v) is 6.64. The van der Waals surface area contributed by atoms with Gasteiger partial charge in [0.2, 0.25) is 0 Å². The number of carbonyl (C=O) groups is 2. The summed E-state index contributed by atoms with van der Waals surface area (Å²) in [5.41, 5.74) is 7.70. The summed E-state index contributed by atoms with van der Waals surface area (Å²) in [5.74, 6) is -0.236. The zero-order valence-electron chi connectivity index (χ0n) is 12.1. The number of carbonyl (C=O) groups excluding carboxylic acids is 2. The second kappa shape index (κ2) is 7.24. The van der Waals surface area contributed by atoms with E-state index in [1.54, 1.807) is 37.4 Å². The van der Waals surface area contributed by atoms with Gasteiger partial charge in [0.25, 0.3) is 5.91 Å². The van der Waals surface area contributed by atoms with Gasteiger partial charge < -0.3 is 21.1 Å². The Kier molecular flexibility index (Phi) is 5.11. The molecule has 0 fully saturated rings. The summed E-state index contributed by atoms with van der Waals surface area (Å²) >= 11 is 0. The maximum Gasteiger partial charge on any atom is 0.316 e. The molecule has 4 N–H and O–H groups in total. The summed E-state index contributed by atoms with van der Waals surface area (Å²) in [4.78, 5) is 22.9. The fourth-order valence-corrected chi connectivity index (χ4v) is 1.96. The monoisotopic (exact) mass is 299 g/mol. The largest absolute Gasteiger partial charge is 0.380 e. The fourth-order valence-electron chi connectivity index (χ4n) is 1.96. The number of ether oxygens (including phenoxy) is 1. The Morgan fingerprint density at radius 1 is 1.05 bits per heavy atom. The van der Waals surface area contributed by atoms with E-state index in [0.29, 0.717) is 23.5 Å². The Balaban J connectivity index is 2.05. The molecule has 0 atom stereocenters. The number of urea groups is 1. The van der Waals surface area contributed by atoms with Gasteiger partial charge in [0.1, 0.15) is 0 Å². The summed E-state index contributed by atoms with van der Waals surface area (Å²) in [6, 6.07) is 13.2. The van der Waals surface area contributed by atoms with Crippen molar-refractivity contribution in [1.82, 2.24) is 0 Å². The fraction of sp³-hybridized carbons (Fsp3) is 0.125. The van der Waals surface area contributed by atoms with Gasteiger partial charge in [-0.2, -0.15) is 0 Å². The van der Waals surface area contributed by atoms with Crippen LogP contribution in [0.4, 0.5) is 16.2 Å². The van der Waals surface area contributed by atoms with E-state index in [4.69, 9.17) is 10.5 Å². The first-order chi connectivity index (χ1) is 10.6. The smallest absolute Gasteiger partial charge is 0.316 e. The first-order valence-electron chi connectivity index (χ1n) is 6.64. The SMILES string of the molecule is COCc1cccc(NC(=O)c2ccc(NC(N)=O)cc2)c1. The van der Waals surface area contributed by atoms with Gasteiger partial charge in [-0.3, -0.25) is 4.79 Å². The van der Waals surface area contributed by atoms with E-state index in [1.807, 2.05) is 18.2 Å². The van der Waals surface area contributed by atoms with Gasteiger partial charge in [-0.15, -0.1) is 0 Å². The third-order valence-electron chi connectivity index (χ3n) is 2.91. The number of anilines is 2. The van der Waals surface area contributed by atoms with Crippen molar-refractivity contribution in [2.45, 2.75) is 6.61 Å². The van der Waals surface area contributed by atoms with Gasteiger partial charge in [-0.1, -0.05) is 12.1 Å². The topological polar surface area (TPSA) is 93.4 Å². The molecule has 0 unspecified atom stereocenters. The molecule has 0 aliphatic heterocycles. The minimum Gasteiger partial charge on any atom is -0.380 e. The molecule has 0 aromatic heterocycles. The summed E-state index contributed by atoms with van der Waals surface area (Å²) in [6.07, 6.45) is 0. The minimum absolute atomic E-state index is 0.236. The van der Waals surface area contributed by atoms with Crippen molar-refractivity contribution < 1.29 is 14.3 Å². The molecule has 6 heteroatoms. The summed E-state index contributed by atoms with van der Waals surface area (Å²) < 4.78 is 5.06. The highest BCUT2D eigenvalue weighted by Crippen LogP contribution is 2.14. The van der Waals surface area contributed by atoms with Crippen molar-refractivity contribution in [3.63, 3.8) is 0 Å². The molecule has 0 saturated carbocycles. The molecule has 0 saturated heterocycles. The molecule has 3 amide bonds. The van der Waals surface area contributed by atoms with Crippen molar-refractivity contribution in [2.75, 3.05) is 17.7 Å². The number of methoxy groups -OCH3 is 1. The van der Waals surface area contributed by atoms with Gasteiger partial charge in [0, 0.05) is 24.0 Å². The molecule has 2 aromatic carbocycles. The van der Waals surface area contributed by atoms with Crippen LogP contribution in [0.1, 0.15) is 15.9 Å². The predicted molar refractivity (Wildman–Crippen MR) is 84.8 cm³/mol. The molecule has 0 radical (unpaired) electrons. The summed E-state index contributed by atoms with van der Waals surface area (Å²) in [5, 5.41) is 5.25. The first kappa shape index (κ1) is 15.5. The average Bonchev–Trinajstić information content (AvgIpc) is 2.48. The van der Waals surface area contributed by atoms with Crippen LogP contribution in [0.25, 0.3) is 0 Å². The van der Waals surface area contributed by atoms with Gasteiger partial charge >= 0.3 is 6.03 Å². The van der Waals surface area contributed by atoms with E-state index in [1.165, 1.54) is 0 Å². The molecule has 0 aliphatic carbocycles. The predicted octanol–water partition coefficient (Wildman–Crippen LogP) is 2.58. The Hall–Kier alpha value is -2.86. The molecule has 6 nitrogen and oxygen atoms in total. The van der Waals surface area contributed by atoms with Crippen LogP contribution in [0.3, 0.4) is 0 Å². The zero-order chi connectivity index (χ0) is 15.9. The van der Waals surface area contributed by atoms with Crippen molar-refractivity contribution in [3.05, 3.63) is 59.7 Å². The molecule has 2 aromatic rings. The molecular weight excluding hydrogens is 282 g/mol. The number of rotatable bonds is 5.